The molecule has 1 aliphatic heterocycles. The minimum Gasteiger partial charge on any atom is -0.465 e. The van der Waals surface area contributed by atoms with E-state index in [1.165, 1.54) is 0 Å². The van der Waals surface area contributed by atoms with Gasteiger partial charge >= 0.3 is 12.1 Å². The van der Waals surface area contributed by atoms with Gasteiger partial charge in [0.2, 0.25) is 5.91 Å². The third kappa shape index (κ3) is 12.1. The monoisotopic (exact) mass is 401 g/mol. The number of amides is 2. The van der Waals surface area contributed by atoms with E-state index in [1.54, 1.807) is 0 Å². The van der Waals surface area contributed by atoms with E-state index in [2.05, 4.69) is 17.6 Å². The SMILES string of the molecule is CCCCCNC(CCCNC(=N)N)C(=O)OCC.O=C(O)N1CCCC1=O. The zero-order valence-electron chi connectivity index (χ0n) is 17.0. The number of nitrogens with two attached hydrogens (primary N) is 1. The summed E-state index contributed by atoms with van der Waals surface area (Å²) in [7, 11) is 0. The first kappa shape index (κ1) is 25.6. The standard InChI is InChI=1S/C13H28N4O2.C5H7NO3/c1-3-5-6-9-16-11(12(18)19-4-2)8-7-10-17-13(14)15;7-4-2-1-3-6(4)5(8)9/h11,16H,3-10H2,1-2H3,(H4,14,15,17);1-3H2,(H,8,9). The summed E-state index contributed by atoms with van der Waals surface area (Å²) in [5.74, 6) is -0.507. The Morgan fingerprint density at radius 2 is 2.00 bits per heavy atom. The van der Waals surface area contributed by atoms with E-state index in [9.17, 15) is 14.4 Å². The number of nitrogens with one attached hydrogen (secondary N) is 3. The van der Waals surface area contributed by atoms with Gasteiger partial charge in [-0.1, -0.05) is 19.8 Å². The molecular formula is C18H35N5O5. The van der Waals surface area contributed by atoms with Gasteiger partial charge in [-0.25, -0.2) is 9.69 Å². The second-order valence-corrected chi connectivity index (χ2v) is 6.38. The Balaban J connectivity index is 0.000000668. The van der Waals surface area contributed by atoms with Gasteiger partial charge in [0.05, 0.1) is 6.61 Å². The molecular weight excluding hydrogens is 366 g/mol. The van der Waals surface area contributed by atoms with E-state index in [0.717, 1.165) is 37.1 Å². The summed E-state index contributed by atoms with van der Waals surface area (Å²) < 4.78 is 5.05. The molecule has 0 aromatic heterocycles. The van der Waals surface area contributed by atoms with E-state index >= 15 is 0 Å². The van der Waals surface area contributed by atoms with Gasteiger partial charge in [-0.05, 0) is 39.2 Å². The molecule has 0 aromatic carbocycles. The third-order valence-corrected chi connectivity index (χ3v) is 4.03. The van der Waals surface area contributed by atoms with Gasteiger partial charge in [0, 0.05) is 19.5 Å². The minimum atomic E-state index is -1.13. The number of unbranched alkanes of at least 4 members (excludes halogenated alkanes) is 2. The van der Waals surface area contributed by atoms with Gasteiger partial charge in [-0.3, -0.25) is 15.0 Å². The van der Waals surface area contributed by atoms with Crippen LogP contribution in [-0.2, 0) is 14.3 Å². The number of carboxylic acid groups (broad SMARTS) is 1. The molecule has 1 rings (SSSR count). The fourth-order valence-electron chi connectivity index (χ4n) is 2.58. The van der Waals surface area contributed by atoms with Crippen LogP contribution in [0.2, 0.25) is 0 Å². The maximum atomic E-state index is 11.8. The molecule has 2 amide bonds. The van der Waals surface area contributed by atoms with Crippen molar-refractivity contribution in [2.75, 3.05) is 26.2 Å². The molecule has 10 nitrogen and oxygen atoms in total. The molecule has 1 saturated heterocycles. The highest BCUT2D eigenvalue weighted by molar-refractivity contribution is 5.92. The number of likely N-dealkylation sites (tertiary alicyclic amines) is 1. The van der Waals surface area contributed by atoms with Gasteiger partial charge in [0.15, 0.2) is 5.96 Å². The maximum absolute atomic E-state index is 11.8. The van der Waals surface area contributed by atoms with Gasteiger partial charge in [-0.2, -0.15) is 0 Å². The highest BCUT2D eigenvalue weighted by Gasteiger charge is 2.25. The number of hydrogen-bond acceptors (Lipinski definition) is 6. The molecule has 1 aliphatic rings. The third-order valence-electron chi connectivity index (χ3n) is 4.03. The van der Waals surface area contributed by atoms with Crippen LogP contribution in [0.4, 0.5) is 4.79 Å². The molecule has 0 saturated carbocycles. The summed E-state index contributed by atoms with van der Waals surface area (Å²) in [5.41, 5.74) is 5.20. The van der Waals surface area contributed by atoms with E-state index in [-0.39, 0.29) is 23.9 Å². The van der Waals surface area contributed by atoms with Crippen molar-refractivity contribution in [2.24, 2.45) is 5.73 Å². The number of carbonyl (C=O) groups is 3. The molecule has 28 heavy (non-hydrogen) atoms. The van der Waals surface area contributed by atoms with Crippen LogP contribution >= 0.6 is 0 Å². The Morgan fingerprint density at radius 1 is 1.29 bits per heavy atom. The van der Waals surface area contributed by atoms with Gasteiger partial charge < -0.3 is 26.2 Å². The number of carbonyl (C=O) groups excluding carboxylic acids is 2. The Morgan fingerprint density at radius 3 is 2.46 bits per heavy atom. The van der Waals surface area contributed by atoms with Crippen LogP contribution in [0.15, 0.2) is 0 Å². The topological polar surface area (TPSA) is 158 Å². The number of esters is 1. The Kier molecular flexibility index (Phi) is 14.4. The fraction of sp³-hybridized carbons (Fsp3) is 0.778. The Labute approximate surface area is 166 Å². The van der Waals surface area contributed by atoms with E-state index in [4.69, 9.17) is 21.0 Å². The van der Waals surface area contributed by atoms with Crippen molar-refractivity contribution in [2.45, 2.75) is 64.8 Å². The summed E-state index contributed by atoms with van der Waals surface area (Å²) in [4.78, 5) is 33.3. The molecule has 1 fully saturated rings. The first-order chi connectivity index (χ1) is 13.3. The number of imide groups is 1. The predicted molar refractivity (Wildman–Crippen MR) is 106 cm³/mol. The Bertz CT molecular complexity index is 501. The molecule has 0 aromatic rings. The van der Waals surface area contributed by atoms with Crippen molar-refractivity contribution in [3.63, 3.8) is 0 Å². The summed E-state index contributed by atoms with van der Waals surface area (Å²) >= 11 is 0. The molecule has 162 valence electrons. The van der Waals surface area contributed by atoms with E-state index in [0.29, 0.717) is 39.0 Å². The smallest absolute Gasteiger partial charge is 0.414 e. The number of ether oxygens (including phenoxy) is 1. The lowest BCUT2D eigenvalue weighted by atomic mass is 10.1. The van der Waals surface area contributed by atoms with Gasteiger partial charge in [0.1, 0.15) is 6.04 Å². The maximum Gasteiger partial charge on any atom is 0.414 e. The molecule has 1 atom stereocenters. The van der Waals surface area contributed by atoms with Crippen molar-refractivity contribution >= 4 is 23.9 Å². The quantitative estimate of drug-likeness (QED) is 0.150. The molecule has 6 N–H and O–H groups in total. The van der Waals surface area contributed by atoms with Gasteiger partial charge in [0.25, 0.3) is 0 Å². The lowest BCUT2D eigenvalue weighted by Crippen LogP contribution is -2.39. The Hall–Kier alpha value is -2.36. The van der Waals surface area contributed by atoms with Gasteiger partial charge in [-0.15, -0.1) is 0 Å². The molecule has 10 heteroatoms. The summed E-state index contributed by atoms with van der Waals surface area (Å²) in [6, 6.07) is -0.259. The summed E-state index contributed by atoms with van der Waals surface area (Å²) in [6.45, 7) is 6.16. The second-order valence-electron chi connectivity index (χ2n) is 6.38. The molecule has 1 heterocycles. The summed E-state index contributed by atoms with van der Waals surface area (Å²) in [5, 5.41) is 21.3. The lowest BCUT2D eigenvalue weighted by Gasteiger charge is -2.17. The van der Waals surface area contributed by atoms with Crippen LogP contribution in [0.5, 0.6) is 0 Å². The van der Waals surface area contributed by atoms with Crippen LogP contribution in [0, 0.1) is 5.41 Å². The highest BCUT2D eigenvalue weighted by Crippen LogP contribution is 2.08. The number of guanidine groups is 1. The average molecular weight is 402 g/mol. The largest absolute Gasteiger partial charge is 0.465 e. The zero-order chi connectivity index (χ0) is 21.4. The zero-order valence-corrected chi connectivity index (χ0v) is 17.0. The van der Waals surface area contributed by atoms with E-state index in [1.807, 2.05) is 6.92 Å². The van der Waals surface area contributed by atoms with Crippen LogP contribution in [0.1, 0.15) is 58.8 Å². The fourth-order valence-corrected chi connectivity index (χ4v) is 2.58. The highest BCUT2D eigenvalue weighted by atomic mass is 16.5. The van der Waals surface area contributed by atoms with Crippen molar-refractivity contribution in [1.82, 2.24) is 15.5 Å². The van der Waals surface area contributed by atoms with Crippen molar-refractivity contribution in [3.8, 4) is 0 Å². The lowest BCUT2D eigenvalue weighted by molar-refractivity contribution is -0.145. The van der Waals surface area contributed by atoms with Crippen molar-refractivity contribution in [1.29, 1.82) is 5.41 Å². The molecule has 0 aliphatic carbocycles. The molecule has 0 radical (unpaired) electrons. The average Bonchev–Trinajstić information content (AvgIpc) is 3.07. The summed E-state index contributed by atoms with van der Waals surface area (Å²) in [6.07, 6.45) is 4.77. The van der Waals surface area contributed by atoms with E-state index < -0.39 is 6.09 Å². The second kappa shape index (κ2) is 15.7. The first-order valence-electron chi connectivity index (χ1n) is 9.84. The van der Waals surface area contributed by atoms with Crippen LogP contribution in [-0.4, -0.2) is 66.2 Å². The number of hydrogen-bond donors (Lipinski definition) is 5. The number of rotatable bonds is 11. The van der Waals surface area contributed by atoms with Crippen LogP contribution in [0.3, 0.4) is 0 Å². The molecule has 1 unspecified atom stereocenters. The molecule has 0 bridgehead atoms. The van der Waals surface area contributed by atoms with Crippen LogP contribution < -0.4 is 16.4 Å². The van der Waals surface area contributed by atoms with Crippen LogP contribution in [0.25, 0.3) is 0 Å². The molecule has 0 spiro atoms. The predicted octanol–water partition coefficient (Wildman–Crippen LogP) is 1.25. The van der Waals surface area contributed by atoms with Crippen molar-refractivity contribution < 1.29 is 24.2 Å². The minimum absolute atomic E-state index is 0.0383. The normalized spacial score (nSPS) is 14.1. The first-order valence-corrected chi connectivity index (χ1v) is 9.84. The van der Waals surface area contributed by atoms with Crippen molar-refractivity contribution in [3.05, 3.63) is 0 Å². The number of nitrogens with zero attached hydrogens (tertiary/aromatic N) is 1.